The van der Waals surface area contributed by atoms with Crippen LogP contribution in [0.25, 0.3) is 0 Å². The number of aliphatic carboxylic acids is 1. The Hall–Kier alpha value is -1.36. The second-order valence-electron chi connectivity index (χ2n) is 4.18. The van der Waals surface area contributed by atoms with Crippen molar-refractivity contribution in [1.29, 1.82) is 0 Å². The highest BCUT2D eigenvalue weighted by Crippen LogP contribution is 2.14. The van der Waals surface area contributed by atoms with E-state index < -0.39 is 11.6 Å². The summed E-state index contributed by atoms with van der Waals surface area (Å²) >= 11 is 0. The van der Waals surface area contributed by atoms with Gasteiger partial charge in [0.2, 0.25) is 0 Å². The van der Waals surface area contributed by atoms with Crippen LogP contribution in [0.4, 0.5) is 0 Å². The first kappa shape index (κ1) is 11.7. The van der Waals surface area contributed by atoms with Gasteiger partial charge in [-0.15, -0.1) is 0 Å². The minimum Gasteiger partial charge on any atom is -0.479 e. The fourth-order valence-electron chi connectivity index (χ4n) is 1.22. The zero-order chi connectivity index (χ0) is 11.6. The summed E-state index contributed by atoms with van der Waals surface area (Å²) in [5.41, 5.74) is -1.01. The summed E-state index contributed by atoms with van der Waals surface area (Å²) in [7, 11) is 0. The van der Waals surface area contributed by atoms with Gasteiger partial charge in [-0.1, -0.05) is 0 Å². The minimum atomic E-state index is -1.73. The van der Waals surface area contributed by atoms with E-state index in [1.165, 1.54) is 6.92 Å². The number of carboxylic acids is 1. The molecule has 0 bridgehead atoms. The molecule has 1 aromatic rings. The van der Waals surface area contributed by atoms with Gasteiger partial charge in [-0.3, -0.25) is 4.68 Å². The molecule has 0 aliphatic rings. The van der Waals surface area contributed by atoms with E-state index in [1.807, 2.05) is 13.8 Å². The highest BCUT2D eigenvalue weighted by atomic mass is 16.4. The van der Waals surface area contributed by atoms with Crippen LogP contribution in [0.5, 0.6) is 0 Å². The lowest BCUT2D eigenvalue weighted by Gasteiger charge is -2.16. The molecule has 15 heavy (non-hydrogen) atoms. The molecule has 0 saturated carbocycles. The lowest BCUT2D eigenvalue weighted by atomic mass is 9.99. The zero-order valence-corrected chi connectivity index (χ0v) is 9.14. The maximum Gasteiger partial charge on any atom is 0.335 e. The topological polar surface area (TPSA) is 75.4 Å². The molecule has 5 nitrogen and oxygen atoms in total. The van der Waals surface area contributed by atoms with Gasteiger partial charge < -0.3 is 10.2 Å². The molecule has 2 N–H and O–H groups in total. The molecule has 0 spiro atoms. The molecule has 0 saturated heterocycles. The molecule has 0 amide bonds. The Balaban J connectivity index is 2.77. The van der Waals surface area contributed by atoms with E-state index in [1.54, 1.807) is 17.1 Å². The number of carboxylic acid groups (broad SMARTS) is 1. The molecule has 0 aliphatic carbocycles. The molecule has 0 aliphatic heterocycles. The van der Waals surface area contributed by atoms with Gasteiger partial charge in [0, 0.05) is 18.7 Å². The molecule has 0 radical (unpaired) electrons. The molecule has 1 heterocycles. The maximum absolute atomic E-state index is 10.7. The van der Waals surface area contributed by atoms with Crippen LogP contribution in [0.1, 0.15) is 32.4 Å². The Morgan fingerprint density at radius 3 is 2.67 bits per heavy atom. The van der Waals surface area contributed by atoms with Crippen molar-refractivity contribution in [3.05, 3.63) is 18.0 Å². The second-order valence-corrected chi connectivity index (χ2v) is 4.18. The average Bonchev–Trinajstić information content (AvgIpc) is 2.51. The predicted octanol–water partition coefficient (Wildman–Crippen LogP) is 0.842. The summed E-state index contributed by atoms with van der Waals surface area (Å²) in [4.78, 5) is 10.7. The first-order valence-electron chi connectivity index (χ1n) is 4.82. The predicted molar refractivity (Wildman–Crippen MR) is 54.6 cm³/mol. The first-order valence-corrected chi connectivity index (χ1v) is 4.82. The Morgan fingerprint density at radius 1 is 1.67 bits per heavy atom. The van der Waals surface area contributed by atoms with E-state index in [9.17, 15) is 9.90 Å². The van der Waals surface area contributed by atoms with Crippen molar-refractivity contribution < 1.29 is 15.0 Å². The van der Waals surface area contributed by atoms with Crippen LogP contribution < -0.4 is 0 Å². The van der Waals surface area contributed by atoms with Crippen LogP contribution in [0, 0.1) is 0 Å². The Morgan fingerprint density at radius 2 is 2.27 bits per heavy atom. The van der Waals surface area contributed by atoms with Gasteiger partial charge >= 0.3 is 5.97 Å². The molecular weight excluding hydrogens is 196 g/mol. The SMILES string of the molecule is CC(C)n1cc(CC(C)(O)C(=O)O)cn1. The van der Waals surface area contributed by atoms with E-state index in [0.29, 0.717) is 0 Å². The summed E-state index contributed by atoms with van der Waals surface area (Å²) in [5, 5.41) is 22.4. The van der Waals surface area contributed by atoms with Crippen LogP contribution in [-0.4, -0.2) is 31.6 Å². The van der Waals surface area contributed by atoms with Crippen molar-refractivity contribution in [2.45, 2.75) is 38.8 Å². The number of nitrogens with zero attached hydrogens (tertiary/aromatic N) is 2. The molecule has 0 aromatic carbocycles. The Kier molecular flexibility index (Phi) is 3.14. The molecular formula is C10H16N2O3. The number of hydrogen-bond donors (Lipinski definition) is 2. The van der Waals surface area contributed by atoms with Gasteiger partial charge in [0.05, 0.1) is 6.20 Å². The Labute approximate surface area is 88.3 Å². The third-order valence-corrected chi connectivity index (χ3v) is 2.19. The molecule has 84 valence electrons. The van der Waals surface area contributed by atoms with Crippen molar-refractivity contribution in [2.24, 2.45) is 0 Å². The lowest BCUT2D eigenvalue weighted by molar-refractivity contribution is -0.156. The van der Waals surface area contributed by atoms with Gasteiger partial charge in [-0.05, 0) is 26.3 Å². The molecule has 1 atom stereocenters. The number of carbonyl (C=O) groups is 1. The number of aliphatic hydroxyl groups is 1. The summed E-state index contributed by atoms with van der Waals surface area (Å²) in [6.45, 7) is 5.24. The van der Waals surface area contributed by atoms with E-state index in [-0.39, 0.29) is 12.5 Å². The van der Waals surface area contributed by atoms with E-state index in [4.69, 9.17) is 5.11 Å². The van der Waals surface area contributed by atoms with Gasteiger partial charge in [-0.25, -0.2) is 4.79 Å². The third-order valence-electron chi connectivity index (χ3n) is 2.19. The molecule has 0 fully saturated rings. The van der Waals surface area contributed by atoms with E-state index >= 15 is 0 Å². The first-order chi connectivity index (χ1) is 6.83. The van der Waals surface area contributed by atoms with Crippen LogP contribution in [0.2, 0.25) is 0 Å². The summed E-state index contributed by atoms with van der Waals surface area (Å²) in [5.74, 6) is -1.22. The van der Waals surface area contributed by atoms with Crippen LogP contribution in [0.15, 0.2) is 12.4 Å². The zero-order valence-electron chi connectivity index (χ0n) is 9.14. The Bertz CT molecular complexity index is 355. The third kappa shape index (κ3) is 2.79. The smallest absolute Gasteiger partial charge is 0.335 e. The van der Waals surface area contributed by atoms with Crippen molar-refractivity contribution in [1.82, 2.24) is 9.78 Å². The molecule has 1 unspecified atom stereocenters. The summed E-state index contributed by atoms with van der Waals surface area (Å²) in [6, 6.07) is 0.230. The van der Waals surface area contributed by atoms with Gasteiger partial charge in [0.15, 0.2) is 5.60 Å². The highest BCUT2D eigenvalue weighted by molar-refractivity contribution is 5.76. The van der Waals surface area contributed by atoms with Crippen LogP contribution in [0.3, 0.4) is 0 Å². The molecule has 5 heteroatoms. The number of rotatable bonds is 4. The van der Waals surface area contributed by atoms with Crippen molar-refractivity contribution in [3.8, 4) is 0 Å². The fourth-order valence-corrected chi connectivity index (χ4v) is 1.22. The molecule has 1 aromatic heterocycles. The number of aromatic nitrogens is 2. The maximum atomic E-state index is 10.7. The van der Waals surface area contributed by atoms with Gasteiger partial charge in [-0.2, -0.15) is 5.10 Å². The number of hydrogen-bond acceptors (Lipinski definition) is 3. The average molecular weight is 212 g/mol. The fraction of sp³-hybridized carbons (Fsp3) is 0.600. The van der Waals surface area contributed by atoms with Crippen LogP contribution in [-0.2, 0) is 11.2 Å². The standard InChI is InChI=1S/C10H16N2O3/c1-7(2)12-6-8(5-11-12)4-10(3,15)9(13)14/h5-7,15H,4H2,1-3H3,(H,13,14). The minimum absolute atomic E-state index is 0.0645. The molecule has 1 rings (SSSR count). The monoisotopic (exact) mass is 212 g/mol. The van der Waals surface area contributed by atoms with Crippen LogP contribution >= 0.6 is 0 Å². The summed E-state index contributed by atoms with van der Waals surface area (Å²) in [6.07, 6.45) is 3.40. The lowest BCUT2D eigenvalue weighted by Crippen LogP contribution is -2.37. The van der Waals surface area contributed by atoms with Crippen molar-refractivity contribution >= 4 is 5.97 Å². The quantitative estimate of drug-likeness (QED) is 0.775. The largest absolute Gasteiger partial charge is 0.479 e. The van der Waals surface area contributed by atoms with E-state index in [2.05, 4.69) is 5.10 Å². The van der Waals surface area contributed by atoms with Gasteiger partial charge in [0.1, 0.15) is 0 Å². The summed E-state index contributed by atoms with van der Waals surface area (Å²) < 4.78 is 1.73. The van der Waals surface area contributed by atoms with Crippen molar-refractivity contribution in [3.63, 3.8) is 0 Å². The normalized spacial score (nSPS) is 15.3. The van der Waals surface area contributed by atoms with Crippen molar-refractivity contribution in [2.75, 3.05) is 0 Å². The highest BCUT2D eigenvalue weighted by Gasteiger charge is 2.30. The van der Waals surface area contributed by atoms with E-state index in [0.717, 1.165) is 5.56 Å². The van der Waals surface area contributed by atoms with Gasteiger partial charge in [0.25, 0.3) is 0 Å². The second kappa shape index (κ2) is 4.02.